The lowest BCUT2D eigenvalue weighted by Gasteiger charge is -2.31. The first kappa shape index (κ1) is 23.5. The molecule has 6 heteroatoms. The zero-order valence-corrected chi connectivity index (χ0v) is 18.0. The summed E-state index contributed by atoms with van der Waals surface area (Å²) in [5, 5.41) is 0. The van der Waals surface area contributed by atoms with Crippen LogP contribution in [0.4, 0.5) is 0 Å². The van der Waals surface area contributed by atoms with Gasteiger partial charge in [-0.2, -0.15) is 0 Å². The summed E-state index contributed by atoms with van der Waals surface area (Å²) in [6.07, 6.45) is 4.53. The highest BCUT2D eigenvalue weighted by Crippen LogP contribution is 2.25. The van der Waals surface area contributed by atoms with Crippen LogP contribution in [0.25, 0.3) is 6.08 Å². The number of carbonyl (C=O) groups is 4. The second-order valence-electron chi connectivity index (χ2n) is 7.95. The fraction of sp³-hybridized carbons (Fsp3) is 0.500. The van der Waals surface area contributed by atoms with Crippen LogP contribution in [0.15, 0.2) is 36.4 Å². The Morgan fingerprint density at radius 2 is 1.73 bits per heavy atom. The van der Waals surface area contributed by atoms with Gasteiger partial charge in [-0.3, -0.25) is 14.4 Å². The molecular formula is C24H31NO5. The minimum absolute atomic E-state index is 0.0155. The lowest BCUT2D eigenvalue weighted by molar-refractivity contribution is -0.156. The van der Waals surface area contributed by atoms with Gasteiger partial charge in [-0.05, 0) is 37.3 Å². The Bertz CT molecular complexity index is 776. The van der Waals surface area contributed by atoms with Gasteiger partial charge in [0.15, 0.2) is 0 Å². The Morgan fingerprint density at radius 1 is 1.10 bits per heavy atom. The van der Waals surface area contributed by atoms with Crippen LogP contribution in [-0.2, 0) is 23.9 Å². The predicted octanol–water partition coefficient (Wildman–Crippen LogP) is 3.30. The van der Waals surface area contributed by atoms with Crippen LogP contribution in [0, 0.1) is 17.8 Å². The minimum Gasteiger partial charge on any atom is -0.460 e. The van der Waals surface area contributed by atoms with Crippen molar-refractivity contribution in [3.05, 3.63) is 42.0 Å². The van der Waals surface area contributed by atoms with E-state index in [0.29, 0.717) is 25.9 Å². The topological polar surface area (TPSA) is 80.8 Å². The molecule has 1 atom stereocenters. The molecule has 1 amide bonds. The van der Waals surface area contributed by atoms with Gasteiger partial charge in [-0.25, -0.2) is 4.79 Å². The molecule has 1 aliphatic heterocycles. The second kappa shape index (κ2) is 11.4. The number of esters is 1. The molecule has 1 heterocycles. The number of ketones is 2. The fourth-order valence-corrected chi connectivity index (χ4v) is 3.63. The summed E-state index contributed by atoms with van der Waals surface area (Å²) in [7, 11) is 0. The maximum absolute atomic E-state index is 12.8. The Labute approximate surface area is 178 Å². The highest BCUT2D eigenvalue weighted by molar-refractivity contribution is 6.34. The zero-order valence-electron chi connectivity index (χ0n) is 18.0. The Balaban J connectivity index is 1.88. The van der Waals surface area contributed by atoms with Gasteiger partial charge >= 0.3 is 5.97 Å². The quantitative estimate of drug-likeness (QED) is 0.352. The number of amides is 1. The number of benzene rings is 1. The molecule has 0 saturated carbocycles. The molecule has 6 nitrogen and oxygen atoms in total. The summed E-state index contributed by atoms with van der Waals surface area (Å²) in [5.74, 6) is -2.56. The molecule has 1 aliphatic rings. The smallest absolute Gasteiger partial charge is 0.374 e. The Morgan fingerprint density at radius 3 is 2.30 bits per heavy atom. The molecule has 1 fully saturated rings. The monoisotopic (exact) mass is 413 g/mol. The molecule has 30 heavy (non-hydrogen) atoms. The number of ether oxygens (including phenoxy) is 1. The van der Waals surface area contributed by atoms with E-state index in [9.17, 15) is 19.2 Å². The van der Waals surface area contributed by atoms with E-state index >= 15 is 0 Å². The van der Waals surface area contributed by atoms with Gasteiger partial charge in [0, 0.05) is 37.4 Å². The Hall–Kier alpha value is -2.76. The van der Waals surface area contributed by atoms with Gasteiger partial charge in [0.2, 0.25) is 11.7 Å². The van der Waals surface area contributed by atoms with E-state index in [0.717, 1.165) is 5.56 Å². The van der Waals surface area contributed by atoms with Crippen LogP contribution >= 0.6 is 0 Å². The molecule has 2 rings (SSSR count). The first-order valence-corrected chi connectivity index (χ1v) is 10.6. The standard InChI is InChI=1S/C24H31NO5/c1-4-30-24(29)23(28)20(17(2)3)16-21(26)19-12-14-25(15-13-19)22(27)11-10-18-8-6-5-7-9-18/h5-11,17,19-20H,4,12-16H2,1-3H3. The number of Topliss-reactive ketones (excluding diaryl/α,β-unsaturated/α-hetero) is 2. The lowest BCUT2D eigenvalue weighted by Crippen LogP contribution is -2.40. The van der Waals surface area contributed by atoms with Gasteiger partial charge in [0.05, 0.1) is 6.61 Å². The van der Waals surface area contributed by atoms with Crippen molar-refractivity contribution in [1.82, 2.24) is 4.90 Å². The normalized spacial score (nSPS) is 15.9. The van der Waals surface area contributed by atoms with E-state index in [4.69, 9.17) is 4.74 Å². The van der Waals surface area contributed by atoms with E-state index in [1.807, 2.05) is 44.2 Å². The van der Waals surface area contributed by atoms with Crippen LogP contribution in [0.1, 0.15) is 45.6 Å². The number of likely N-dealkylation sites (tertiary alicyclic amines) is 1. The fourth-order valence-electron chi connectivity index (χ4n) is 3.63. The number of carbonyl (C=O) groups excluding carboxylic acids is 4. The molecule has 0 spiro atoms. The van der Waals surface area contributed by atoms with Crippen molar-refractivity contribution in [2.45, 2.75) is 40.0 Å². The first-order chi connectivity index (χ1) is 14.3. The third kappa shape index (κ3) is 6.65. The summed E-state index contributed by atoms with van der Waals surface area (Å²) in [5.41, 5.74) is 0.960. The van der Waals surface area contributed by atoms with E-state index < -0.39 is 17.7 Å². The van der Waals surface area contributed by atoms with Gasteiger partial charge in [-0.1, -0.05) is 44.2 Å². The van der Waals surface area contributed by atoms with Crippen molar-refractivity contribution >= 4 is 29.5 Å². The van der Waals surface area contributed by atoms with E-state index in [1.165, 1.54) is 0 Å². The summed E-state index contributed by atoms with van der Waals surface area (Å²) < 4.78 is 4.81. The molecule has 1 aromatic rings. The molecule has 0 bridgehead atoms. The van der Waals surface area contributed by atoms with Crippen molar-refractivity contribution in [1.29, 1.82) is 0 Å². The average molecular weight is 414 g/mol. The van der Waals surface area contributed by atoms with Crippen LogP contribution < -0.4 is 0 Å². The van der Waals surface area contributed by atoms with Gasteiger partial charge < -0.3 is 9.64 Å². The summed E-state index contributed by atoms with van der Waals surface area (Å²) in [6, 6.07) is 9.61. The first-order valence-electron chi connectivity index (χ1n) is 10.6. The van der Waals surface area contributed by atoms with Crippen molar-refractivity contribution in [3.63, 3.8) is 0 Å². The largest absolute Gasteiger partial charge is 0.460 e. The number of rotatable bonds is 9. The molecule has 0 radical (unpaired) electrons. The van der Waals surface area contributed by atoms with Crippen molar-refractivity contribution in [2.75, 3.05) is 19.7 Å². The van der Waals surface area contributed by atoms with Crippen molar-refractivity contribution < 1.29 is 23.9 Å². The van der Waals surface area contributed by atoms with Crippen LogP contribution in [0.2, 0.25) is 0 Å². The molecule has 1 aromatic carbocycles. The molecule has 1 saturated heterocycles. The van der Waals surface area contributed by atoms with E-state index in [2.05, 4.69) is 0 Å². The van der Waals surface area contributed by atoms with Crippen molar-refractivity contribution in [3.8, 4) is 0 Å². The maximum atomic E-state index is 12.8. The highest BCUT2D eigenvalue weighted by atomic mass is 16.5. The SMILES string of the molecule is CCOC(=O)C(=O)C(CC(=O)C1CCN(C(=O)C=Cc2ccccc2)CC1)C(C)C. The van der Waals surface area contributed by atoms with E-state index in [1.54, 1.807) is 24.0 Å². The van der Waals surface area contributed by atoms with Crippen LogP contribution in [-0.4, -0.2) is 48.0 Å². The Kier molecular flexibility index (Phi) is 8.96. The number of hydrogen-bond acceptors (Lipinski definition) is 5. The molecule has 0 N–H and O–H groups in total. The summed E-state index contributed by atoms with van der Waals surface area (Å²) in [6.45, 7) is 6.45. The van der Waals surface area contributed by atoms with Crippen molar-refractivity contribution in [2.24, 2.45) is 17.8 Å². The molecular weight excluding hydrogens is 382 g/mol. The average Bonchev–Trinajstić information content (AvgIpc) is 2.76. The molecule has 1 unspecified atom stereocenters. The minimum atomic E-state index is -0.866. The third-order valence-corrected chi connectivity index (χ3v) is 5.52. The van der Waals surface area contributed by atoms with Gasteiger partial charge in [0.25, 0.3) is 0 Å². The molecule has 162 valence electrons. The molecule has 0 aromatic heterocycles. The van der Waals surface area contributed by atoms with E-state index in [-0.39, 0.29) is 36.6 Å². The van der Waals surface area contributed by atoms with Gasteiger partial charge in [-0.15, -0.1) is 0 Å². The maximum Gasteiger partial charge on any atom is 0.374 e. The predicted molar refractivity (Wildman–Crippen MR) is 114 cm³/mol. The lowest BCUT2D eigenvalue weighted by atomic mass is 9.81. The summed E-state index contributed by atoms with van der Waals surface area (Å²) >= 11 is 0. The van der Waals surface area contributed by atoms with Crippen LogP contribution in [0.5, 0.6) is 0 Å². The highest BCUT2D eigenvalue weighted by Gasteiger charge is 2.34. The number of piperidine rings is 1. The number of nitrogens with zero attached hydrogens (tertiary/aromatic N) is 1. The van der Waals surface area contributed by atoms with Gasteiger partial charge in [0.1, 0.15) is 5.78 Å². The van der Waals surface area contributed by atoms with Crippen LogP contribution in [0.3, 0.4) is 0 Å². The zero-order chi connectivity index (χ0) is 22.1. The third-order valence-electron chi connectivity index (χ3n) is 5.52. The molecule has 0 aliphatic carbocycles. The second-order valence-corrected chi connectivity index (χ2v) is 7.95. The number of hydrogen-bond donors (Lipinski definition) is 0. The summed E-state index contributed by atoms with van der Waals surface area (Å²) in [4.78, 5) is 51.0.